The standard InChI is InChI=1S/C22H34O3Si/c1-21-11-10-17-15(16(21)8-9-20(21)24)7-6-14-12-18(23)19(13-22(14,17)2)25-26(3,4)5/h12,15-17,19H,6-11,13H2,1-5H3. The van der Waals surface area contributed by atoms with Gasteiger partial charge in [0.15, 0.2) is 14.1 Å². The van der Waals surface area contributed by atoms with Gasteiger partial charge in [-0.05, 0) is 87.4 Å². The molecule has 0 amide bonds. The van der Waals surface area contributed by atoms with Crippen molar-refractivity contribution in [3.05, 3.63) is 11.6 Å². The molecule has 0 radical (unpaired) electrons. The molecule has 6 atom stereocenters. The number of Topliss-reactive ketones (excluding diaryl/α,β-unsaturated/α-hetero) is 1. The molecule has 0 spiro atoms. The van der Waals surface area contributed by atoms with E-state index in [1.807, 2.05) is 6.08 Å². The van der Waals surface area contributed by atoms with Gasteiger partial charge in [-0.25, -0.2) is 0 Å². The van der Waals surface area contributed by atoms with E-state index in [1.54, 1.807) is 0 Å². The van der Waals surface area contributed by atoms with Gasteiger partial charge in [-0.15, -0.1) is 0 Å². The van der Waals surface area contributed by atoms with Crippen LogP contribution >= 0.6 is 0 Å². The molecule has 6 unspecified atom stereocenters. The Hall–Kier alpha value is -0.743. The third kappa shape index (κ3) is 2.71. The molecular weight excluding hydrogens is 340 g/mol. The first-order valence-electron chi connectivity index (χ1n) is 10.5. The molecule has 0 bridgehead atoms. The van der Waals surface area contributed by atoms with E-state index in [9.17, 15) is 9.59 Å². The fourth-order valence-corrected chi connectivity index (χ4v) is 7.95. The summed E-state index contributed by atoms with van der Waals surface area (Å²) >= 11 is 0. The number of hydrogen-bond acceptors (Lipinski definition) is 3. The Morgan fingerprint density at radius 3 is 2.38 bits per heavy atom. The molecule has 0 heterocycles. The zero-order valence-corrected chi connectivity index (χ0v) is 18.1. The minimum absolute atomic E-state index is 0.0720. The first-order chi connectivity index (χ1) is 12.0. The van der Waals surface area contributed by atoms with Gasteiger partial charge in [0.25, 0.3) is 0 Å². The molecule has 0 aromatic rings. The van der Waals surface area contributed by atoms with Crippen molar-refractivity contribution in [2.75, 3.05) is 0 Å². The van der Waals surface area contributed by atoms with Crippen LogP contribution in [-0.4, -0.2) is 26.0 Å². The van der Waals surface area contributed by atoms with Crippen LogP contribution in [-0.2, 0) is 14.0 Å². The maximum Gasteiger partial charge on any atom is 0.184 e. The van der Waals surface area contributed by atoms with Crippen LogP contribution in [0.1, 0.15) is 58.8 Å². The summed E-state index contributed by atoms with van der Waals surface area (Å²) in [7, 11) is -1.76. The summed E-state index contributed by atoms with van der Waals surface area (Å²) in [6.45, 7) is 11.1. The second-order valence-corrected chi connectivity index (χ2v) is 15.2. The van der Waals surface area contributed by atoms with E-state index in [2.05, 4.69) is 33.5 Å². The number of carbonyl (C=O) groups excluding carboxylic acids is 2. The second kappa shape index (κ2) is 5.87. The van der Waals surface area contributed by atoms with E-state index in [0.29, 0.717) is 23.5 Å². The smallest absolute Gasteiger partial charge is 0.184 e. The minimum Gasteiger partial charge on any atom is -0.407 e. The van der Waals surface area contributed by atoms with Crippen LogP contribution in [0.25, 0.3) is 0 Å². The first kappa shape index (κ1) is 18.6. The fraction of sp³-hybridized carbons (Fsp3) is 0.818. The van der Waals surface area contributed by atoms with Gasteiger partial charge < -0.3 is 4.43 Å². The quantitative estimate of drug-likeness (QED) is 0.645. The number of carbonyl (C=O) groups is 2. The van der Waals surface area contributed by atoms with Gasteiger partial charge in [-0.1, -0.05) is 19.4 Å². The van der Waals surface area contributed by atoms with Crippen molar-refractivity contribution in [3.63, 3.8) is 0 Å². The molecule has 3 nitrogen and oxygen atoms in total. The molecule has 144 valence electrons. The van der Waals surface area contributed by atoms with E-state index in [1.165, 1.54) is 5.57 Å². The molecule has 0 aliphatic heterocycles. The fourth-order valence-electron chi connectivity index (χ4n) is 6.89. The van der Waals surface area contributed by atoms with Crippen molar-refractivity contribution >= 4 is 19.9 Å². The van der Waals surface area contributed by atoms with E-state index >= 15 is 0 Å². The third-order valence-corrected chi connectivity index (χ3v) is 9.18. The van der Waals surface area contributed by atoms with Gasteiger partial charge in [0.05, 0.1) is 0 Å². The van der Waals surface area contributed by atoms with Crippen molar-refractivity contribution in [1.29, 1.82) is 0 Å². The molecule has 26 heavy (non-hydrogen) atoms. The Morgan fingerprint density at radius 2 is 1.69 bits per heavy atom. The van der Waals surface area contributed by atoms with Crippen LogP contribution in [0.4, 0.5) is 0 Å². The lowest BCUT2D eigenvalue weighted by Gasteiger charge is -2.57. The van der Waals surface area contributed by atoms with Crippen LogP contribution in [0, 0.1) is 28.6 Å². The number of rotatable bonds is 2. The average Bonchev–Trinajstić information content (AvgIpc) is 2.83. The SMILES string of the molecule is CC12CCC3C(CCC4=CC(=O)C(O[Si](C)(C)C)CC43C)C1CCC2=O. The number of allylic oxidation sites excluding steroid dienone is 1. The number of hydrogen-bond donors (Lipinski definition) is 0. The van der Waals surface area contributed by atoms with Gasteiger partial charge in [0.2, 0.25) is 0 Å². The Kier molecular flexibility index (Phi) is 4.21. The van der Waals surface area contributed by atoms with Crippen LogP contribution in [0.5, 0.6) is 0 Å². The highest BCUT2D eigenvalue weighted by Gasteiger charge is 2.59. The summed E-state index contributed by atoms with van der Waals surface area (Å²) in [4.78, 5) is 25.2. The number of fused-ring (bicyclic) bond motifs is 5. The minimum atomic E-state index is -1.76. The molecule has 4 rings (SSSR count). The summed E-state index contributed by atoms with van der Waals surface area (Å²) in [5, 5.41) is 0. The van der Waals surface area contributed by atoms with Gasteiger partial charge in [0, 0.05) is 11.8 Å². The molecule has 4 heteroatoms. The van der Waals surface area contributed by atoms with Gasteiger partial charge in [-0.2, -0.15) is 0 Å². The normalized spacial score (nSPS) is 45.7. The molecule has 0 aromatic heterocycles. The highest BCUT2D eigenvalue weighted by Crippen LogP contribution is 2.64. The maximum absolute atomic E-state index is 12.7. The molecule has 4 aliphatic carbocycles. The zero-order chi connectivity index (χ0) is 18.9. The van der Waals surface area contributed by atoms with Crippen LogP contribution in [0.3, 0.4) is 0 Å². The van der Waals surface area contributed by atoms with Gasteiger partial charge in [0.1, 0.15) is 11.9 Å². The predicted octanol–water partition coefficient (Wildman–Crippen LogP) is 4.92. The Balaban J connectivity index is 1.65. The van der Waals surface area contributed by atoms with Crippen LogP contribution in [0.2, 0.25) is 19.6 Å². The van der Waals surface area contributed by atoms with Crippen LogP contribution < -0.4 is 0 Å². The van der Waals surface area contributed by atoms with Crippen molar-refractivity contribution in [2.45, 2.75) is 84.5 Å². The lowest BCUT2D eigenvalue weighted by molar-refractivity contribution is -0.134. The van der Waals surface area contributed by atoms with E-state index in [4.69, 9.17) is 4.43 Å². The predicted molar refractivity (Wildman–Crippen MR) is 105 cm³/mol. The molecule has 0 N–H and O–H groups in total. The average molecular weight is 375 g/mol. The van der Waals surface area contributed by atoms with E-state index in [-0.39, 0.29) is 22.7 Å². The largest absolute Gasteiger partial charge is 0.407 e. The monoisotopic (exact) mass is 374 g/mol. The summed E-state index contributed by atoms with van der Waals surface area (Å²) in [6, 6.07) is 0. The lowest BCUT2D eigenvalue weighted by Crippen LogP contribution is -2.53. The summed E-state index contributed by atoms with van der Waals surface area (Å²) in [5.74, 6) is 2.50. The van der Waals surface area contributed by atoms with Gasteiger partial charge >= 0.3 is 0 Å². The number of ketones is 2. The molecule has 0 saturated heterocycles. The van der Waals surface area contributed by atoms with Crippen molar-refractivity contribution in [1.82, 2.24) is 0 Å². The van der Waals surface area contributed by atoms with E-state index in [0.717, 1.165) is 44.9 Å². The molecule has 3 fully saturated rings. The molecule has 0 aromatic carbocycles. The van der Waals surface area contributed by atoms with Crippen molar-refractivity contribution in [3.8, 4) is 0 Å². The zero-order valence-electron chi connectivity index (χ0n) is 17.1. The lowest BCUT2D eigenvalue weighted by atomic mass is 9.47. The second-order valence-electron chi connectivity index (χ2n) is 10.7. The van der Waals surface area contributed by atoms with Gasteiger partial charge in [-0.3, -0.25) is 9.59 Å². The van der Waals surface area contributed by atoms with Crippen molar-refractivity contribution in [2.24, 2.45) is 28.6 Å². The van der Waals surface area contributed by atoms with E-state index < -0.39 is 8.32 Å². The molecular formula is C22H34O3Si. The Morgan fingerprint density at radius 1 is 1.00 bits per heavy atom. The Labute approximate surface area is 159 Å². The maximum atomic E-state index is 12.7. The highest BCUT2D eigenvalue weighted by molar-refractivity contribution is 6.69. The molecule has 3 saturated carbocycles. The first-order valence-corrected chi connectivity index (χ1v) is 13.9. The topological polar surface area (TPSA) is 43.4 Å². The van der Waals surface area contributed by atoms with Crippen molar-refractivity contribution < 1.29 is 14.0 Å². The molecule has 4 aliphatic rings. The highest BCUT2D eigenvalue weighted by atomic mass is 28.4. The van der Waals surface area contributed by atoms with Crippen LogP contribution in [0.15, 0.2) is 11.6 Å². The third-order valence-electron chi connectivity index (χ3n) is 8.18. The summed E-state index contributed by atoms with van der Waals surface area (Å²) < 4.78 is 6.30. The Bertz CT molecular complexity index is 675. The summed E-state index contributed by atoms with van der Waals surface area (Å²) in [5.41, 5.74) is 1.37. The summed E-state index contributed by atoms with van der Waals surface area (Å²) in [6.07, 6.45) is 8.75.